The summed E-state index contributed by atoms with van der Waals surface area (Å²) in [5.74, 6) is -0.553. The van der Waals surface area contributed by atoms with E-state index in [2.05, 4.69) is 5.32 Å². The summed E-state index contributed by atoms with van der Waals surface area (Å²) >= 11 is 0. The predicted molar refractivity (Wildman–Crippen MR) is 86.1 cm³/mol. The van der Waals surface area contributed by atoms with E-state index in [1.807, 2.05) is 0 Å². The number of nitrogens with one attached hydrogen (secondary N) is 1. The first-order valence-corrected chi connectivity index (χ1v) is 8.52. The van der Waals surface area contributed by atoms with Gasteiger partial charge in [0.2, 0.25) is 10.0 Å². The fourth-order valence-electron chi connectivity index (χ4n) is 2.20. The van der Waals surface area contributed by atoms with Crippen LogP contribution in [-0.2, 0) is 16.6 Å². The van der Waals surface area contributed by atoms with Gasteiger partial charge in [0.15, 0.2) is 0 Å². The van der Waals surface area contributed by atoms with Crippen LogP contribution < -0.4 is 10.5 Å². The normalized spacial score (nSPS) is 12.8. The number of primary sulfonamides is 1. The van der Waals surface area contributed by atoms with Crippen LogP contribution in [0.1, 0.15) is 24.1 Å². The van der Waals surface area contributed by atoms with E-state index in [-0.39, 0.29) is 28.7 Å². The Labute approximate surface area is 138 Å². The summed E-state index contributed by atoms with van der Waals surface area (Å²) in [5.41, 5.74) is 0.829. The van der Waals surface area contributed by atoms with Crippen LogP contribution in [0.25, 0.3) is 0 Å². The molecule has 2 aromatic carbocycles. The first-order chi connectivity index (χ1) is 11.2. The molecule has 0 unspecified atom stereocenters. The van der Waals surface area contributed by atoms with Crippen molar-refractivity contribution in [2.45, 2.75) is 24.4 Å². The molecular weight excluding hydrogens is 337 g/mol. The molecular formula is C15H16FN3O4S. The maximum atomic E-state index is 13.3. The highest BCUT2D eigenvalue weighted by atomic mass is 32.2. The summed E-state index contributed by atoms with van der Waals surface area (Å²) in [6.45, 7) is 1.89. The van der Waals surface area contributed by atoms with E-state index in [1.165, 1.54) is 12.1 Å². The summed E-state index contributed by atoms with van der Waals surface area (Å²) in [5, 5.41) is 19.0. The molecule has 9 heteroatoms. The number of hydrogen-bond acceptors (Lipinski definition) is 5. The molecule has 0 radical (unpaired) electrons. The molecule has 0 aliphatic heterocycles. The van der Waals surface area contributed by atoms with Gasteiger partial charge in [0, 0.05) is 24.2 Å². The minimum absolute atomic E-state index is 0.000724. The highest BCUT2D eigenvalue weighted by Gasteiger charge is 2.16. The van der Waals surface area contributed by atoms with Crippen molar-refractivity contribution in [2.24, 2.45) is 5.14 Å². The molecule has 128 valence electrons. The predicted octanol–water partition coefficient (Wildman–Crippen LogP) is 2.23. The number of sulfonamides is 1. The zero-order valence-electron chi connectivity index (χ0n) is 12.8. The lowest BCUT2D eigenvalue weighted by atomic mass is 10.1. The number of benzene rings is 2. The second kappa shape index (κ2) is 7.04. The Morgan fingerprint density at radius 3 is 2.42 bits per heavy atom. The number of nitrogens with zero attached hydrogens (tertiary/aromatic N) is 1. The van der Waals surface area contributed by atoms with Crippen LogP contribution in [0.15, 0.2) is 47.4 Å². The molecule has 24 heavy (non-hydrogen) atoms. The van der Waals surface area contributed by atoms with Crippen LogP contribution in [-0.4, -0.2) is 13.3 Å². The first kappa shape index (κ1) is 18.0. The van der Waals surface area contributed by atoms with E-state index in [0.717, 1.165) is 23.8 Å². The van der Waals surface area contributed by atoms with Crippen molar-refractivity contribution in [1.82, 2.24) is 5.32 Å². The lowest BCUT2D eigenvalue weighted by molar-refractivity contribution is -0.385. The molecule has 0 heterocycles. The zero-order chi connectivity index (χ0) is 17.9. The Bertz CT molecular complexity index is 854. The molecule has 0 aromatic heterocycles. The van der Waals surface area contributed by atoms with Gasteiger partial charge in [-0.1, -0.05) is 12.1 Å². The maximum Gasteiger partial charge on any atom is 0.274 e. The zero-order valence-corrected chi connectivity index (χ0v) is 13.6. The second-order valence-electron chi connectivity index (χ2n) is 5.25. The Hall–Kier alpha value is -2.36. The summed E-state index contributed by atoms with van der Waals surface area (Å²) in [6, 6.07) is 8.99. The highest BCUT2D eigenvalue weighted by molar-refractivity contribution is 7.89. The van der Waals surface area contributed by atoms with Crippen molar-refractivity contribution >= 4 is 15.7 Å². The third-order valence-electron chi connectivity index (χ3n) is 3.55. The van der Waals surface area contributed by atoms with Crippen molar-refractivity contribution in [2.75, 3.05) is 0 Å². The molecule has 0 saturated carbocycles. The summed E-state index contributed by atoms with van der Waals surface area (Å²) in [7, 11) is -3.76. The number of hydrogen-bond donors (Lipinski definition) is 2. The Morgan fingerprint density at radius 2 is 1.88 bits per heavy atom. The van der Waals surface area contributed by atoms with Crippen LogP contribution in [0.4, 0.5) is 10.1 Å². The summed E-state index contributed by atoms with van der Waals surface area (Å²) in [4.78, 5) is 10.4. The minimum Gasteiger partial charge on any atom is -0.306 e. The summed E-state index contributed by atoms with van der Waals surface area (Å²) in [6.07, 6.45) is 0. The third kappa shape index (κ3) is 4.34. The van der Waals surface area contributed by atoms with Crippen LogP contribution in [0, 0.1) is 15.9 Å². The average Bonchev–Trinajstić information content (AvgIpc) is 2.51. The highest BCUT2D eigenvalue weighted by Crippen LogP contribution is 2.21. The molecule has 3 N–H and O–H groups in total. The first-order valence-electron chi connectivity index (χ1n) is 6.97. The van der Waals surface area contributed by atoms with Crippen molar-refractivity contribution in [3.63, 3.8) is 0 Å². The van der Waals surface area contributed by atoms with Gasteiger partial charge >= 0.3 is 0 Å². The smallest absolute Gasteiger partial charge is 0.274 e. The van der Waals surface area contributed by atoms with Crippen molar-refractivity contribution < 1.29 is 17.7 Å². The Morgan fingerprint density at radius 1 is 1.25 bits per heavy atom. The Kier molecular flexibility index (Phi) is 5.27. The monoisotopic (exact) mass is 353 g/mol. The van der Waals surface area contributed by atoms with Gasteiger partial charge in [-0.25, -0.2) is 17.9 Å². The SMILES string of the molecule is C[C@H](NCc1cc(F)ccc1[N+](=O)[O-])c1ccc(S(N)(=O)=O)cc1. The number of nitro benzene ring substituents is 1. The van der Waals surface area contributed by atoms with E-state index < -0.39 is 20.8 Å². The van der Waals surface area contributed by atoms with Crippen molar-refractivity contribution in [3.8, 4) is 0 Å². The van der Waals surface area contributed by atoms with Gasteiger partial charge < -0.3 is 5.32 Å². The topological polar surface area (TPSA) is 115 Å². The number of nitro groups is 1. The van der Waals surface area contributed by atoms with Gasteiger partial charge in [-0.3, -0.25) is 10.1 Å². The standard InChI is InChI=1S/C15H16FN3O4S/c1-10(11-2-5-14(6-3-11)24(17,22)23)18-9-12-8-13(16)4-7-15(12)19(20)21/h2-8,10,18H,9H2,1H3,(H2,17,22,23)/t10-/m0/s1. The van der Waals surface area contributed by atoms with E-state index >= 15 is 0 Å². The quantitative estimate of drug-likeness (QED) is 0.610. The molecule has 2 rings (SSSR count). The van der Waals surface area contributed by atoms with E-state index in [9.17, 15) is 22.9 Å². The molecule has 0 saturated heterocycles. The molecule has 0 fully saturated rings. The molecule has 0 aliphatic carbocycles. The van der Waals surface area contributed by atoms with Gasteiger partial charge in [0.05, 0.1) is 9.82 Å². The van der Waals surface area contributed by atoms with Gasteiger partial charge in [-0.05, 0) is 36.8 Å². The lowest BCUT2D eigenvalue weighted by Gasteiger charge is -2.15. The molecule has 0 bridgehead atoms. The van der Waals surface area contributed by atoms with Crippen LogP contribution in [0.5, 0.6) is 0 Å². The van der Waals surface area contributed by atoms with E-state index in [0.29, 0.717) is 0 Å². The van der Waals surface area contributed by atoms with Gasteiger partial charge in [-0.2, -0.15) is 0 Å². The molecule has 0 spiro atoms. The average molecular weight is 353 g/mol. The molecule has 7 nitrogen and oxygen atoms in total. The number of nitrogens with two attached hydrogens (primary N) is 1. The minimum atomic E-state index is -3.76. The fourth-order valence-corrected chi connectivity index (χ4v) is 2.72. The van der Waals surface area contributed by atoms with Crippen LogP contribution in [0.2, 0.25) is 0 Å². The number of halogens is 1. The lowest BCUT2D eigenvalue weighted by Crippen LogP contribution is -2.19. The molecule has 1 atom stereocenters. The summed E-state index contributed by atoms with van der Waals surface area (Å²) < 4.78 is 35.7. The fraction of sp³-hybridized carbons (Fsp3) is 0.200. The van der Waals surface area contributed by atoms with Gasteiger partial charge in [0.1, 0.15) is 5.82 Å². The molecule has 0 aliphatic rings. The number of rotatable bonds is 6. The molecule has 2 aromatic rings. The van der Waals surface area contributed by atoms with E-state index in [4.69, 9.17) is 5.14 Å². The second-order valence-corrected chi connectivity index (χ2v) is 6.81. The Balaban J connectivity index is 2.12. The van der Waals surface area contributed by atoms with Gasteiger partial charge in [0.25, 0.3) is 5.69 Å². The van der Waals surface area contributed by atoms with Gasteiger partial charge in [-0.15, -0.1) is 0 Å². The van der Waals surface area contributed by atoms with E-state index in [1.54, 1.807) is 19.1 Å². The molecule has 0 amide bonds. The van der Waals surface area contributed by atoms with Crippen molar-refractivity contribution in [3.05, 3.63) is 69.5 Å². The third-order valence-corrected chi connectivity index (χ3v) is 4.47. The maximum absolute atomic E-state index is 13.3. The van der Waals surface area contributed by atoms with Crippen molar-refractivity contribution in [1.29, 1.82) is 0 Å². The van der Waals surface area contributed by atoms with Crippen LogP contribution >= 0.6 is 0 Å². The van der Waals surface area contributed by atoms with Crippen LogP contribution in [0.3, 0.4) is 0 Å². The largest absolute Gasteiger partial charge is 0.306 e.